The Labute approximate surface area is 289 Å². The van der Waals surface area contributed by atoms with Crippen LogP contribution in [0.5, 0.6) is 11.5 Å². The molecule has 0 radical (unpaired) electrons. The third-order valence-corrected chi connectivity index (χ3v) is 9.25. The largest absolute Gasteiger partial charge is 0.490 e. The third-order valence-electron chi connectivity index (χ3n) is 9.25. The molecular weight excluding hydrogens is 622 g/mol. The van der Waals surface area contributed by atoms with Gasteiger partial charge >= 0.3 is 0 Å². The fourth-order valence-corrected chi connectivity index (χ4v) is 6.58. The van der Waals surface area contributed by atoms with Crippen LogP contribution >= 0.6 is 0 Å². The van der Waals surface area contributed by atoms with Crippen LogP contribution in [0.3, 0.4) is 0 Å². The second-order valence-electron chi connectivity index (χ2n) is 13.1. The van der Waals surface area contributed by atoms with Crippen LogP contribution in [-0.4, -0.2) is 65.4 Å². The summed E-state index contributed by atoms with van der Waals surface area (Å²) >= 11 is 0. The standard InChI is InChI=1S/C39H49N3O7/c1-9-42(10-2)33(44)22-49-31-17-16-27(20-32(31)48-11-3)34-35(37(45)40-28-18-23(4)12-14-25(28)6)30(43)21-39(8,47)36(34)38(46)41-29-19-24(5)13-15-26(29)7/h12-20,34-36,47H,9-11,21-22H2,1-8H3,(H,40,45)(H,41,46). The minimum atomic E-state index is -1.79. The minimum absolute atomic E-state index is 0.184. The SMILES string of the molecule is CCOc1cc(C2C(C(=O)Nc3cc(C)ccc3C)C(=O)CC(C)(O)C2C(=O)Nc2cc(C)ccc2C)ccc1OCC(=O)N(CC)CC. The normalized spacial score (nSPS) is 20.3. The molecule has 4 rings (SSSR count). The summed E-state index contributed by atoms with van der Waals surface area (Å²) in [6, 6.07) is 16.2. The Bertz CT molecular complexity index is 1710. The van der Waals surface area contributed by atoms with Crippen LogP contribution in [0.2, 0.25) is 0 Å². The molecule has 3 aromatic rings. The van der Waals surface area contributed by atoms with Crippen molar-refractivity contribution >= 4 is 34.9 Å². The first kappa shape index (κ1) is 37.1. The zero-order valence-corrected chi connectivity index (χ0v) is 29.8. The first-order valence-corrected chi connectivity index (χ1v) is 16.9. The van der Waals surface area contributed by atoms with E-state index < -0.39 is 47.4 Å². The first-order chi connectivity index (χ1) is 23.2. The van der Waals surface area contributed by atoms with E-state index in [0.29, 0.717) is 35.8 Å². The molecule has 10 nitrogen and oxygen atoms in total. The van der Waals surface area contributed by atoms with E-state index in [1.165, 1.54) is 6.92 Å². The highest BCUT2D eigenvalue weighted by Crippen LogP contribution is 2.48. The summed E-state index contributed by atoms with van der Waals surface area (Å²) in [6.07, 6.45) is -0.397. The molecule has 1 aliphatic carbocycles. The summed E-state index contributed by atoms with van der Waals surface area (Å²) in [5.41, 5.74) is 3.27. The summed E-state index contributed by atoms with van der Waals surface area (Å²) in [6.45, 7) is 15.7. The van der Waals surface area contributed by atoms with Crippen LogP contribution in [0, 0.1) is 39.5 Å². The van der Waals surface area contributed by atoms with Crippen molar-refractivity contribution in [3.63, 3.8) is 0 Å². The van der Waals surface area contributed by atoms with Crippen molar-refractivity contribution in [3.05, 3.63) is 82.4 Å². The number of rotatable bonds is 12. The highest BCUT2D eigenvalue weighted by molar-refractivity contribution is 6.10. The van der Waals surface area contributed by atoms with E-state index >= 15 is 0 Å². The van der Waals surface area contributed by atoms with E-state index in [9.17, 15) is 24.3 Å². The molecule has 1 saturated carbocycles. The Morgan fingerprint density at radius 3 is 1.94 bits per heavy atom. The average molecular weight is 672 g/mol. The molecule has 0 bridgehead atoms. The molecule has 0 aromatic heterocycles. The van der Waals surface area contributed by atoms with Gasteiger partial charge in [-0.15, -0.1) is 0 Å². The zero-order valence-electron chi connectivity index (χ0n) is 29.8. The first-order valence-electron chi connectivity index (χ1n) is 16.9. The average Bonchev–Trinajstić information content (AvgIpc) is 3.03. The van der Waals surface area contributed by atoms with Gasteiger partial charge in [-0.3, -0.25) is 19.2 Å². The van der Waals surface area contributed by atoms with Gasteiger partial charge in [0.15, 0.2) is 18.1 Å². The number of carbonyl (C=O) groups is 4. The highest BCUT2D eigenvalue weighted by atomic mass is 16.5. The van der Waals surface area contributed by atoms with Gasteiger partial charge in [-0.05, 0) is 107 Å². The van der Waals surface area contributed by atoms with E-state index in [0.717, 1.165) is 22.3 Å². The monoisotopic (exact) mass is 671 g/mol. The molecule has 1 fully saturated rings. The lowest BCUT2D eigenvalue weighted by atomic mass is 9.61. The number of hydrogen-bond donors (Lipinski definition) is 3. The van der Waals surface area contributed by atoms with Gasteiger partial charge in [0, 0.05) is 36.8 Å². The van der Waals surface area contributed by atoms with E-state index in [1.807, 2.05) is 77.9 Å². The number of aliphatic hydroxyl groups is 1. The van der Waals surface area contributed by atoms with Gasteiger partial charge in [0.05, 0.1) is 18.1 Å². The Hall–Kier alpha value is -4.70. The number of nitrogens with zero attached hydrogens (tertiary/aromatic N) is 1. The topological polar surface area (TPSA) is 134 Å². The summed E-state index contributed by atoms with van der Waals surface area (Å²) in [7, 11) is 0. The smallest absolute Gasteiger partial charge is 0.260 e. The van der Waals surface area contributed by atoms with E-state index in [-0.39, 0.29) is 24.9 Å². The molecule has 3 amide bonds. The van der Waals surface area contributed by atoms with Crippen molar-refractivity contribution in [1.82, 2.24) is 4.90 Å². The van der Waals surface area contributed by atoms with Crippen LogP contribution in [0.15, 0.2) is 54.6 Å². The van der Waals surface area contributed by atoms with Gasteiger partial charge < -0.3 is 30.1 Å². The number of benzene rings is 3. The number of ketones is 1. The molecule has 3 N–H and O–H groups in total. The number of likely N-dealkylation sites (N-methyl/N-ethyl adjacent to an activating group) is 1. The summed E-state index contributed by atoms with van der Waals surface area (Å²) < 4.78 is 11.8. The maximum atomic E-state index is 14.3. The number of anilines is 2. The van der Waals surface area contributed by atoms with Gasteiger partial charge in [-0.1, -0.05) is 30.3 Å². The third kappa shape index (κ3) is 8.48. The minimum Gasteiger partial charge on any atom is -0.490 e. The van der Waals surface area contributed by atoms with Gasteiger partial charge in [0.2, 0.25) is 11.8 Å². The lowest BCUT2D eigenvalue weighted by molar-refractivity contribution is -0.151. The molecular formula is C39H49N3O7. The van der Waals surface area contributed by atoms with Crippen LogP contribution in [-0.2, 0) is 19.2 Å². The second kappa shape index (κ2) is 15.7. The summed E-state index contributed by atoms with van der Waals surface area (Å²) in [4.78, 5) is 56.8. The number of hydrogen-bond acceptors (Lipinski definition) is 7. The van der Waals surface area contributed by atoms with Crippen molar-refractivity contribution < 1.29 is 33.8 Å². The molecule has 4 unspecified atom stereocenters. The van der Waals surface area contributed by atoms with Gasteiger partial charge in [0.25, 0.3) is 5.91 Å². The number of carbonyl (C=O) groups excluding carboxylic acids is 4. The molecule has 49 heavy (non-hydrogen) atoms. The maximum Gasteiger partial charge on any atom is 0.260 e. The fourth-order valence-electron chi connectivity index (χ4n) is 6.58. The van der Waals surface area contributed by atoms with E-state index in [4.69, 9.17) is 9.47 Å². The van der Waals surface area contributed by atoms with Crippen molar-refractivity contribution in [2.45, 2.75) is 73.3 Å². The number of aryl methyl sites for hydroxylation is 4. The number of ether oxygens (including phenoxy) is 2. The molecule has 1 aliphatic rings. The molecule has 262 valence electrons. The molecule has 3 aromatic carbocycles. The molecule has 10 heteroatoms. The van der Waals surface area contributed by atoms with E-state index in [2.05, 4.69) is 10.6 Å². The predicted octanol–water partition coefficient (Wildman–Crippen LogP) is 5.88. The Kier molecular flexibility index (Phi) is 11.9. The molecule has 0 saturated heterocycles. The van der Waals surface area contributed by atoms with Gasteiger partial charge in [-0.2, -0.15) is 0 Å². The van der Waals surface area contributed by atoms with Gasteiger partial charge in [-0.25, -0.2) is 0 Å². The number of nitrogens with one attached hydrogen (secondary N) is 2. The van der Waals surface area contributed by atoms with Crippen molar-refractivity contribution in [2.24, 2.45) is 11.8 Å². The van der Waals surface area contributed by atoms with Crippen molar-refractivity contribution in [1.29, 1.82) is 0 Å². The Morgan fingerprint density at radius 2 is 1.39 bits per heavy atom. The van der Waals surface area contributed by atoms with Crippen molar-refractivity contribution in [2.75, 3.05) is 36.9 Å². The fraction of sp³-hybridized carbons (Fsp3) is 0.436. The van der Waals surface area contributed by atoms with Crippen LogP contribution < -0.4 is 20.1 Å². The zero-order chi connectivity index (χ0) is 36.0. The van der Waals surface area contributed by atoms with Crippen molar-refractivity contribution in [3.8, 4) is 11.5 Å². The molecule has 4 atom stereocenters. The number of amides is 3. The van der Waals surface area contributed by atoms with Crippen LogP contribution in [0.1, 0.15) is 67.9 Å². The molecule has 0 aliphatic heterocycles. The van der Waals surface area contributed by atoms with Gasteiger partial charge in [0.1, 0.15) is 11.7 Å². The quantitative estimate of drug-likeness (QED) is 0.205. The molecule has 0 heterocycles. The maximum absolute atomic E-state index is 14.3. The lowest BCUT2D eigenvalue weighted by Crippen LogP contribution is -2.56. The second-order valence-corrected chi connectivity index (χ2v) is 13.1. The number of Topliss-reactive ketones (excluding diaryl/α,β-unsaturated/α-hetero) is 1. The summed E-state index contributed by atoms with van der Waals surface area (Å²) in [5.74, 6) is -4.81. The lowest BCUT2D eigenvalue weighted by Gasteiger charge is -2.44. The van der Waals surface area contributed by atoms with E-state index in [1.54, 1.807) is 30.0 Å². The van der Waals surface area contributed by atoms with Crippen LogP contribution in [0.25, 0.3) is 0 Å². The summed E-state index contributed by atoms with van der Waals surface area (Å²) in [5, 5.41) is 17.8. The van der Waals surface area contributed by atoms with Crippen LogP contribution in [0.4, 0.5) is 11.4 Å². The Morgan fingerprint density at radius 1 is 0.816 bits per heavy atom. The predicted molar refractivity (Wildman–Crippen MR) is 190 cm³/mol. The molecule has 0 spiro atoms. The highest BCUT2D eigenvalue weighted by Gasteiger charge is 2.56. The Balaban J connectivity index is 1.82.